The third-order valence-corrected chi connectivity index (χ3v) is 11.3. The normalized spacial score (nSPS) is 15.6. The molecule has 6 N–H and O–H groups in total. The van der Waals surface area contributed by atoms with Crippen molar-refractivity contribution in [2.75, 3.05) is 56.5 Å². The summed E-state index contributed by atoms with van der Waals surface area (Å²) >= 11 is 0. The van der Waals surface area contributed by atoms with Gasteiger partial charge in [-0.25, -0.2) is 14.0 Å². The first-order chi connectivity index (χ1) is 29.6. The summed E-state index contributed by atoms with van der Waals surface area (Å²) < 4.78 is 26.1. The fourth-order valence-electron chi connectivity index (χ4n) is 7.89. The number of hydrogen-bond donors (Lipinski definition) is 6. The molecule has 2 aliphatic heterocycles. The van der Waals surface area contributed by atoms with Gasteiger partial charge in [-0.3, -0.25) is 20.2 Å². The van der Waals surface area contributed by atoms with Crippen LogP contribution in [-0.2, 0) is 20.8 Å². The Morgan fingerprint density at radius 2 is 1.57 bits per heavy atom. The fraction of sp³-hybridized carbons (Fsp3) is 0.348. The van der Waals surface area contributed by atoms with Crippen molar-refractivity contribution in [3.8, 4) is 16.9 Å². The first kappa shape index (κ1) is 42.8. The molecule has 1 unspecified atom stereocenters. The third-order valence-electron chi connectivity index (χ3n) is 11.3. The van der Waals surface area contributed by atoms with Crippen LogP contribution in [0, 0.1) is 11.7 Å². The molecule has 1 atom stereocenters. The zero-order valence-corrected chi connectivity index (χ0v) is 33.8. The number of carbonyl (C=O) groups excluding carboxylic acids is 3. The number of likely N-dealkylation sites (tertiary alicyclic amines) is 2. The van der Waals surface area contributed by atoms with E-state index in [-0.39, 0.29) is 60.1 Å². The topological polar surface area (TPSA) is 186 Å². The molecule has 0 saturated carbocycles. The van der Waals surface area contributed by atoms with Crippen LogP contribution in [0.25, 0.3) is 22.0 Å². The monoisotopic (exact) mass is 834 g/mol. The van der Waals surface area contributed by atoms with Crippen LogP contribution >= 0.6 is 0 Å². The number of halogens is 1. The van der Waals surface area contributed by atoms with E-state index in [4.69, 9.17) is 9.47 Å². The zero-order valence-electron chi connectivity index (χ0n) is 33.8. The second kappa shape index (κ2) is 20.3. The number of aromatic hydroxyl groups is 1. The summed E-state index contributed by atoms with van der Waals surface area (Å²) in [7, 11) is 0. The van der Waals surface area contributed by atoms with Gasteiger partial charge in [-0.15, -0.1) is 0 Å². The lowest BCUT2D eigenvalue weighted by Crippen LogP contribution is -2.43. The van der Waals surface area contributed by atoms with Crippen LogP contribution in [0.2, 0.25) is 0 Å². The number of rotatable bonds is 14. The van der Waals surface area contributed by atoms with Crippen molar-refractivity contribution < 1.29 is 38.5 Å². The Labute approximate surface area is 352 Å². The van der Waals surface area contributed by atoms with Crippen molar-refractivity contribution >= 4 is 40.4 Å². The Balaban J connectivity index is 0.756. The molecule has 5 aromatic rings. The summed E-state index contributed by atoms with van der Waals surface area (Å²) in [6.45, 7) is 3.74. The molecule has 0 aliphatic carbocycles. The van der Waals surface area contributed by atoms with Crippen LogP contribution in [0.15, 0.2) is 102 Å². The van der Waals surface area contributed by atoms with Gasteiger partial charge in [0.2, 0.25) is 11.5 Å². The maximum Gasteiger partial charge on any atom is 0.411 e. The second-order valence-electron chi connectivity index (χ2n) is 15.5. The highest BCUT2D eigenvalue weighted by molar-refractivity contribution is 5.91. The number of pyridine rings is 1. The number of phenolic OH excluding ortho intramolecular Hbond substituents is 1. The van der Waals surface area contributed by atoms with E-state index < -0.39 is 24.1 Å². The molecule has 0 bridgehead atoms. The van der Waals surface area contributed by atoms with Crippen LogP contribution in [-0.4, -0.2) is 95.1 Å². The molecule has 61 heavy (non-hydrogen) atoms. The highest BCUT2D eigenvalue weighted by Crippen LogP contribution is 2.30. The van der Waals surface area contributed by atoms with E-state index in [1.165, 1.54) is 30.3 Å². The van der Waals surface area contributed by atoms with Crippen molar-refractivity contribution in [3.63, 3.8) is 0 Å². The lowest BCUT2D eigenvalue weighted by Gasteiger charge is -2.34. The van der Waals surface area contributed by atoms with E-state index in [0.29, 0.717) is 73.9 Å². The van der Waals surface area contributed by atoms with Gasteiger partial charge in [-0.2, -0.15) is 0 Å². The quantitative estimate of drug-likeness (QED) is 0.0699. The van der Waals surface area contributed by atoms with Gasteiger partial charge in [0.15, 0.2) is 0 Å². The van der Waals surface area contributed by atoms with Gasteiger partial charge in [0.05, 0.1) is 29.6 Å². The lowest BCUT2D eigenvalue weighted by molar-refractivity contribution is -0.133. The molecule has 7 rings (SSSR count). The zero-order chi connectivity index (χ0) is 42.7. The van der Waals surface area contributed by atoms with Crippen molar-refractivity contribution in [3.05, 3.63) is 124 Å². The number of fused-ring (bicyclic) bond motifs is 1. The molecule has 0 radical (unpaired) electrons. The lowest BCUT2D eigenvalue weighted by atomic mass is 9.97. The number of aliphatic hydroxyl groups excluding tert-OH is 1. The summed E-state index contributed by atoms with van der Waals surface area (Å²) in [5.74, 6) is -0.580. The number of carbonyl (C=O) groups is 3. The van der Waals surface area contributed by atoms with Crippen molar-refractivity contribution in [1.82, 2.24) is 20.1 Å². The third kappa shape index (κ3) is 11.5. The average Bonchev–Trinajstić information content (AvgIpc) is 3.27. The second-order valence-corrected chi connectivity index (χ2v) is 15.5. The van der Waals surface area contributed by atoms with Crippen molar-refractivity contribution in [2.24, 2.45) is 5.92 Å². The Kier molecular flexibility index (Phi) is 14.3. The van der Waals surface area contributed by atoms with Crippen LogP contribution in [0.5, 0.6) is 5.75 Å². The predicted molar refractivity (Wildman–Crippen MR) is 230 cm³/mol. The number of nitrogens with one attached hydrogen (secondary N) is 4. The molecular formula is C46H51FN6O8. The van der Waals surface area contributed by atoms with E-state index in [0.717, 1.165) is 24.2 Å². The molecule has 3 amide bonds. The van der Waals surface area contributed by atoms with Crippen molar-refractivity contribution in [1.29, 1.82) is 0 Å². The van der Waals surface area contributed by atoms with Gasteiger partial charge < -0.3 is 39.8 Å². The summed E-state index contributed by atoms with van der Waals surface area (Å²) in [5, 5.41) is 29.8. The van der Waals surface area contributed by atoms with Gasteiger partial charge >= 0.3 is 12.2 Å². The first-order valence-electron chi connectivity index (χ1n) is 20.7. The Morgan fingerprint density at radius 1 is 0.836 bits per heavy atom. The number of aromatic amines is 1. The molecule has 4 aromatic carbocycles. The van der Waals surface area contributed by atoms with Crippen LogP contribution in [0.3, 0.4) is 0 Å². The van der Waals surface area contributed by atoms with Crippen LogP contribution in [0.4, 0.5) is 25.4 Å². The summed E-state index contributed by atoms with van der Waals surface area (Å²) in [4.78, 5) is 56.7. The maximum absolute atomic E-state index is 14.9. The first-order valence-corrected chi connectivity index (χ1v) is 20.7. The largest absolute Gasteiger partial charge is 0.506 e. The van der Waals surface area contributed by atoms with E-state index in [1.54, 1.807) is 12.1 Å². The molecular weight excluding hydrogens is 784 g/mol. The standard InChI is InChI=1S/C46H51FN6O8/c47-37-26-31(27-48-28-41(55)35-11-14-40(54)44-36(35)12-15-42(56)51-44)10-13-39(37)50-45(58)60-29-30-16-24-53(25-17-30)43(57)20-23-52-21-18-33(19-22-52)61-46(59)49-38-9-5-4-8-34(38)32-6-2-1-3-7-32/h1-15,26,30,33,41,48,54-55H,16-25,27-29H2,(H,49,59)(H,50,58)(H,51,56). The van der Waals surface area contributed by atoms with E-state index >= 15 is 0 Å². The molecule has 0 spiro atoms. The number of hydrogen-bond acceptors (Lipinski definition) is 10. The highest BCUT2D eigenvalue weighted by Gasteiger charge is 2.27. The summed E-state index contributed by atoms with van der Waals surface area (Å²) in [6.07, 6.45) is 0.746. The molecule has 2 aliphatic rings. The van der Waals surface area contributed by atoms with Gasteiger partial charge in [-0.05, 0) is 78.6 Å². The number of nitrogens with zero attached hydrogens (tertiary/aromatic N) is 2. The number of piperidine rings is 2. The van der Waals surface area contributed by atoms with Gasteiger partial charge in [0.25, 0.3) is 0 Å². The van der Waals surface area contributed by atoms with E-state index in [2.05, 4.69) is 25.8 Å². The van der Waals surface area contributed by atoms with Crippen molar-refractivity contribution in [2.45, 2.75) is 50.9 Å². The highest BCUT2D eigenvalue weighted by atomic mass is 19.1. The van der Waals surface area contributed by atoms with E-state index in [9.17, 15) is 33.8 Å². The van der Waals surface area contributed by atoms with Crippen LogP contribution < -0.4 is 21.5 Å². The minimum Gasteiger partial charge on any atom is -0.506 e. The smallest absolute Gasteiger partial charge is 0.411 e. The van der Waals surface area contributed by atoms with Gasteiger partial charge in [-0.1, -0.05) is 60.7 Å². The molecule has 3 heterocycles. The van der Waals surface area contributed by atoms with E-state index in [1.807, 2.05) is 59.5 Å². The number of ether oxygens (including phenoxy) is 2. The minimum absolute atomic E-state index is 0.0262. The maximum atomic E-state index is 14.9. The molecule has 2 fully saturated rings. The number of benzene rings is 4. The number of H-pyrrole nitrogens is 1. The Hall–Kier alpha value is -6.29. The number of aromatic nitrogens is 1. The predicted octanol–water partition coefficient (Wildman–Crippen LogP) is 6.75. The SMILES string of the molecule is O=C(Nc1ccc(CNCC(O)c2ccc(O)c3[nH]c(=O)ccc23)cc1F)OCC1CCN(C(=O)CCN2CCC(OC(=O)Nc3ccccc3-c3ccccc3)CC2)CC1. The summed E-state index contributed by atoms with van der Waals surface area (Å²) in [6, 6.07) is 27.7. The Morgan fingerprint density at radius 3 is 2.34 bits per heavy atom. The molecule has 14 nitrogen and oxygen atoms in total. The number of aliphatic hydroxyl groups is 1. The molecule has 15 heteroatoms. The molecule has 320 valence electrons. The van der Waals surface area contributed by atoms with Gasteiger partial charge in [0, 0.05) is 69.3 Å². The van der Waals surface area contributed by atoms with Gasteiger partial charge in [0.1, 0.15) is 17.7 Å². The Bertz CT molecular complexity index is 2360. The molecule has 2 saturated heterocycles. The average molecular weight is 835 g/mol. The fourth-order valence-corrected chi connectivity index (χ4v) is 7.89. The summed E-state index contributed by atoms with van der Waals surface area (Å²) in [5.41, 5.74) is 3.55. The molecule has 1 aromatic heterocycles. The number of phenols is 1. The minimum atomic E-state index is -0.970. The number of amides is 3. The number of para-hydroxylation sites is 1. The van der Waals surface area contributed by atoms with Crippen LogP contribution in [0.1, 0.15) is 49.3 Å². The number of anilines is 2.